The van der Waals surface area contributed by atoms with Crippen LogP contribution in [-0.4, -0.2) is 77.8 Å². The van der Waals surface area contributed by atoms with Crippen LogP contribution in [0.2, 0.25) is 12.6 Å². The molecule has 0 heterocycles. The lowest BCUT2D eigenvalue weighted by molar-refractivity contribution is 0.0683. The van der Waals surface area contributed by atoms with Gasteiger partial charge in [-0.1, -0.05) is 18.2 Å². The van der Waals surface area contributed by atoms with Gasteiger partial charge in [0.05, 0.1) is 0 Å². The summed E-state index contributed by atoms with van der Waals surface area (Å²) in [5.74, 6) is 0.690. The van der Waals surface area contributed by atoms with Gasteiger partial charge in [0.25, 0.3) is 0 Å². The van der Waals surface area contributed by atoms with E-state index < -0.39 is 20.8 Å². The van der Waals surface area contributed by atoms with E-state index in [0.29, 0.717) is 25.4 Å². The van der Waals surface area contributed by atoms with Crippen LogP contribution in [0.4, 0.5) is 9.18 Å². The first-order chi connectivity index (χ1) is 12.9. The summed E-state index contributed by atoms with van der Waals surface area (Å²) >= 11 is 0. The third kappa shape index (κ3) is 10.4. The Morgan fingerprint density at radius 1 is 1.26 bits per heavy atom. The number of amides is 1. The lowest BCUT2D eigenvalue weighted by atomic mass is 10.3. The first kappa shape index (κ1) is 23.5. The third-order valence-electron chi connectivity index (χ3n) is 4.32. The van der Waals surface area contributed by atoms with Crippen molar-refractivity contribution in [3.05, 3.63) is 30.3 Å². The Labute approximate surface area is 161 Å². The van der Waals surface area contributed by atoms with Gasteiger partial charge in [0.1, 0.15) is 18.5 Å². The van der Waals surface area contributed by atoms with Gasteiger partial charge in [0, 0.05) is 33.9 Å². The summed E-state index contributed by atoms with van der Waals surface area (Å²) in [6.45, 7) is 3.76. The number of aliphatic hydroxyl groups is 1. The fourth-order valence-electron chi connectivity index (χ4n) is 2.58. The minimum Gasteiger partial charge on any atom is -0.491 e. The Bertz CT molecular complexity index is 534. The average Bonchev–Trinajstić information content (AvgIpc) is 2.66. The molecule has 1 rings (SSSR count). The van der Waals surface area contributed by atoms with Crippen molar-refractivity contribution in [2.45, 2.75) is 25.1 Å². The summed E-state index contributed by atoms with van der Waals surface area (Å²) < 4.78 is 28.9. The number of halogens is 1. The van der Waals surface area contributed by atoms with E-state index >= 15 is 0 Å². The highest BCUT2D eigenvalue weighted by Gasteiger charge is 2.28. The molecule has 0 aromatic heterocycles. The normalized spacial score (nSPS) is 12.8. The number of carbonyl (C=O) groups excluding carboxylic acids is 1. The molecule has 0 radical (unpaired) electrons. The third-order valence-corrected chi connectivity index (χ3v) is 7.30. The zero-order chi connectivity index (χ0) is 20.1. The monoisotopic (exact) mass is 402 g/mol. The molecule has 7 nitrogen and oxygen atoms in total. The minimum atomic E-state index is -2.16. The molecular formula is C18H31FN2O5Si. The van der Waals surface area contributed by atoms with Crippen molar-refractivity contribution in [3.8, 4) is 5.75 Å². The number of rotatable bonds is 14. The molecule has 2 N–H and O–H groups in total. The first-order valence-corrected chi connectivity index (χ1v) is 11.5. The highest BCUT2D eigenvalue weighted by molar-refractivity contribution is 6.65. The zero-order valence-corrected chi connectivity index (χ0v) is 17.3. The Morgan fingerprint density at radius 2 is 1.93 bits per heavy atom. The van der Waals surface area contributed by atoms with Gasteiger partial charge >= 0.3 is 14.7 Å². The minimum absolute atomic E-state index is 0.151. The van der Waals surface area contributed by atoms with E-state index in [1.54, 1.807) is 14.2 Å². The Morgan fingerprint density at radius 3 is 2.52 bits per heavy atom. The molecule has 0 aliphatic heterocycles. The van der Waals surface area contributed by atoms with Gasteiger partial charge < -0.3 is 24.0 Å². The number of para-hydroxylation sites is 1. The topological polar surface area (TPSA) is 80.3 Å². The van der Waals surface area contributed by atoms with Gasteiger partial charge in [0.2, 0.25) is 0 Å². The van der Waals surface area contributed by atoms with Crippen LogP contribution in [0.3, 0.4) is 0 Å². The maximum atomic E-state index is 12.4. The maximum absolute atomic E-state index is 12.4. The molecule has 154 valence electrons. The van der Waals surface area contributed by atoms with E-state index in [9.17, 15) is 14.3 Å². The van der Waals surface area contributed by atoms with E-state index in [1.807, 2.05) is 41.8 Å². The average molecular weight is 403 g/mol. The molecule has 0 fully saturated rings. The number of benzene rings is 1. The number of carbonyl (C=O) groups is 1. The van der Waals surface area contributed by atoms with Crippen molar-refractivity contribution >= 4 is 14.7 Å². The number of ether oxygens (including phenoxy) is 1. The number of nitrogens with one attached hydrogen (secondary N) is 1. The van der Waals surface area contributed by atoms with Crippen molar-refractivity contribution in [2.75, 3.05) is 47.0 Å². The molecule has 9 heteroatoms. The molecule has 0 bridgehead atoms. The van der Waals surface area contributed by atoms with Crippen LogP contribution in [-0.2, 0) is 8.85 Å². The van der Waals surface area contributed by atoms with Gasteiger partial charge in [-0.25, -0.2) is 4.79 Å². The van der Waals surface area contributed by atoms with Crippen molar-refractivity contribution in [3.63, 3.8) is 0 Å². The lowest BCUT2D eigenvalue weighted by Gasteiger charge is -2.27. The second kappa shape index (κ2) is 12.8. The summed E-state index contributed by atoms with van der Waals surface area (Å²) in [6, 6.07) is 10.1. The van der Waals surface area contributed by atoms with Crippen molar-refractivity contribution in [1.29, 1.82) is 0 Å². The van der Waals surface area contributed by atoms with E-state index in [0.717, 1.165) is 12.5 Å². The predicted octanol–water partition coefficient (Wildman–Crippen LogP) is 2.16. The maximum Gasteiger partial charge on any atom is 0.397 e. The van der Waals surface area contributed by atoms with E-state index in [-0.39, 0.29) is 13.2 Å². The van der Waals surface area contributed by atoms with Crippen LogP contribution in [0.1, 0.15) is 6.42 Å². The van der Waals surface area contributed by atoms with Crippen LogP contribution in [0.15, 0.2) is 30.3 Å². The first-order valence-electron chi connectivity index (χ1n) is 9.00. The molecule has 0 spiro atoms. The van der Waals surface area contributed by atoms with Gasteiger partial charge in [-0.05, 0) is 37.7 Å². The highest BCUT2D eigenvalue weighted by atomic mass is 28.4. The fourth-order valence-corrected chi connectivity index (χ4v) is 3.95. The van der Waals surface area contributed by atoms with E-state index in [2.05, 4.69) is 5.32 Å². The second-order valence-corrected chi connectivity index (χ2v) is 10.0. The summed E-state index contributed by atoms with van der Waals surface area (Å²) in [7, 11) is 1.14. The molecule has 0 aliphatic rings. The SMILES string of the molecule is CO[Si](C)(CCCN(CCNC(=O)F)CC(O)COc1ccccc1)OC. The van der Waals surface area contributed by atoms with Crippen LogP contribution in [0.25, 0.3) is 0 Å². The second-order valence-electron chi connectivity index (χ2n) is 6.42. The summed E-state index contributed by atoms with van der Waals surface area (Å²) in [6.07, 6.45) is -1.46. The van der Waals surface area contributed by atoms with Crippen LogP contribution >= 0.6 is 0 Å². The predicted molar refractivity (Wildman–Crippen MR) is 104 cm³/mol. The highest BCUT2D eigenvalue weighted by Crippen LogP contribution is 2.14. The number of aliphatic hydroxyl groups excluding tert-OH is 1. The van der Waals surface area contributed by atoms with Crippen molar-refractivity contribution in [1.82, 2.24) is 10.2 Å². The standard InChI is InChI=1S/C18H31FN2O5Si/c1-24-27(3,25-2)13-7-11-21(12-10-20-18(19)23)14-16(22)15-26-17-8-5-4-6-9-17/h4-6,8-9,16,22H,7,10-15H2,1-3H3,(H,20,23). The van der Waals surface area contributed by atoms with Gasteiger partial charge in [0.15, 0.2) is 0 Å². The van der Waals surface area contributed by atoms with Gasteiger partial charge in [-0.2, -0.15) is 0 Å². The Balaban J connectivity index is 2.47. The van der Waals surface area contributed by atoms with Crippen LogP contribution < -0.4 is 10.1 Å². The smallest absolute Gasteiger partial charge is 0.397 e. The van der Waals surface area contributed by atoms with Crippen LogP contribution in [0.5, 0.6) is 5.75 Å². The summed E-state index contributed by atoms with van der Waals surface area (Å²) in [5, 5.41) is 12.4. The molecular weight excluding hydrogens is 371 g/mol. The van der Waals surface area contributed by atoms with Crippen molar-refractivity contribution in [2.24, 2.45) is 0 Å². The van der Waals surface area contributed by atoms with Crippen LogP contribution in [0, 0.1) is 0 Å². The summed E-state index contributed by atoms with van der Waals surface area (Å²) in [4.78, 5) is 12.4. The van der Waals surface area contributed by atoms with Crippen molar-refractivity contribution < 1.29 is 27.9 Å². The fraction of sp³-hybridized carbons (Fsp3) is 0.611. The number of nitrogens with zero attached hydrogens (tertiary/aromatic N) is 1. The number of hydrogen-bond acceptors (Lipinski definition) is 6. The molecule has 0 saturated carbocycles. The molecule has 0 aliphatic carbocycles. The Hall–Kier alpha value is -1.52. The van der Waals surface area contributed by atoms with Gasteiger partial charge in [-0.3, -0.25) is 4.90 Å². The molecule has 0 saturated heterocycles. The molecule has 1 amide bonds. The lowest BCUT2D eigenvalue weighted by Crippen LogP contribution is -2.42. The Kier molecular flexibility index (Phi) is 11.1. The largest absolute Gasteiger partial charge is 0.491 e. The molecule has 1 aromatic carbocycles. The van der Waals surface area contributed by atoms with Gasteiger partial charge in [-0.15, -0.1) is 4.39 Å². The quantitative estimate of drug-likeness (QED) is 0.282. The molecule has 1 atom stereocenters. The summed E-state index contributed by atoms with van der Waals surface area (Å²) in [5.41, 5.74) is 0. The van der Waals surface area contributed by atoms with E-state index in [4.69, 9.17) is 13.6 Å². The number of hydrogen-bond donors (Lipinski definition) is 2. The molecule has 1 unspecified atom stereocenters. The molecule has 27 heavy (non-hydrogen) atoms. The zero-order valence-electron chi connectivity index (χ0n) is 16.3. The molecule has 1 aromatic rings. The van der Waals surface area contributed by atoms with E-state index in [1.165, 1.54) is 0 Å².